The van der Waals surface area contributed by atoms with Crippen molar-refractivity contribution in [2.45, 2.75) is 0 Å². The van der Waals surface area contributed by atoms with Crippen LogP contribution in [0.5, 0.6) is 0 Å². The van der Waals surface area contributed by atoms with Crippen molar-refractivity contribution in [2.75, 3.05) is 13.2 Å². The van der Waals surface area contributed by atoms with Crippen LogP contribution < -0.4 is 9.60 Å². The first-order chi connectivity index (χ1) is 18.0. The van der Waals surface area contributed by atoms with Gasteiger partial charge in [-0.25, -0.2) is 0 Å². The fourth-order valence-corrected chi connectivity index (χ4v) is 6.77. The number of carbonyl (C=O) groups is 2. The third kappa shape index (κ3) is 4.31. The summed E-state index contributed by atoms with van der Waals surface area (Å²) in [4.78, 5) is 34.6. The molecule has 0 fully saturated rings. The van der Waals surface area contributed by atoms with Gasteiger partial charge in [0.1, 0.15) is 13.2 Å². The molecule has 2 amide bonds. The lowest BCUT2D eigenvalue weighted by Gasteiger charge is -2.00. The smallest absolute Gasteiger partial charge is 0.274 e. The van der Waals surface area contributed by atoms with E-state index >= 15 is 0 Å². The molecule has 0 bridgehead atoms. The lowest BCUT2D eigenvalue weighted by molar-refractivity contribution is -0.127. The summed E-state index contributed by atoms with van der Waals surface area (Å²) in [5.41, 5.74) is 2.02. The number of rotatable bonds is 4. The van der Waals surface area contributed by atoms with E-state index in [4.69, 9.17) is 4.74 Å². The zero-order valence-electron chi connectivity index (χ0n) is 20.2. The van der Waals surface area contributed by atoms with Crippen LogP contribution >= 0.6 is 22.7 Å². The Bertz CT molecular complexity index is 1850. The third-order valence-electron chi connectivity index (χ3n) is 6.29. The van der Waals surface area contributed by atoms with Gasteiger partial charge in [-0.2, -0.15) is 9.98 Å². The number of amides is 2. The summed E-state index contributed by atoms with van der Waals surface area (Å²) in [5, 5.41) is 4.53. The minimum Gasteiger partial charge on any atom is -0.362 e. The van der Waals surface area contributed by atoms with Crippen LogP contribution in [0.4, 0.5) is 0 Å². The van der Waals surface area contributed by atoms with Crippen LogP contribution in [0.3, 0.4) is 0 Å². The highest BCUT2D eigenvalue weighted by atomic mass is 32.1. The van der Waals surface area contributed by atoms with E-state index in [1.807, 2.05) is 59.6 Å². The van der Waals surface area contributed by atoms with Crippen LogP contribution in [-0.4, -0.2) is 34.2 Å². The molecule has 6 aromatic rings. The minimum atomic E-state index is -0.446. The maximum Gasteiger partial charge on any atom is 0.274 e. The second-order valence-electron chi connectivity index (χ2n) is 8.66. The number of benzene rings is 4. The molecule has 0 radical (unpaired) electrons. The summed E-state index contributed by atoms with van der Waals surface area (Å²) >= 11 is 2.92. The van der Waals surface area contributed by atoms with Crippen LogP contribution in [-0.2, 0) is 28.4 Å². The van der Waals surface area contributed by atoms with Gasteiger partial charge in [0.05, 0.1) is 20.4 Å². The summed E-state index contributed by atoms with van der Waals surface area (Å²) in [6.45, 7) is -0.584. The van der Waals surface area contributed by atoms with Crippen molar-refractivity contribution < 1.29 is 14.3 Å². The molecule has 0 atom stereocenters. The zero-order valence-corrected chi connectivity index (χ0v) is 21.8. The number of carbonyl (C=O) groups excluding carboxylic acids is 2. The maximum absolute atomic E-state index is 12.5. The number of nitrogens with zero attached hydrogens (tertiary/aromatic N) is 4. The Hall–Kier alpha value is -3.92. The fraction of sp³-hybridized carbons (Fsp3) is 0.143. The van der Waals surface area contributed by atoms with E-state index < -0.39 is 11.8 Å². The first kappa shape index (κ1) is 23.5. The van der Waals surface area contributed by atoms with Gasteiger partial charge in [0.15, 0.2) is 9.60 Å². The Balaban J connectivity index is 1.18. The first-order valence-corrected chi connectivity index (χ1v) is 13.3. The van der Waals surface area contributed by atoms with Gasteiger partial charge in [-0.15, -0.1) is 0 Å². The highest BCUT2D eigenvalue weighted by Crippen LogP contribution is 2.28. The molecule has 0 N–H and O–H groups in total. The normalized spacial score (nSPS) is 12.9. The number of ether oxygens (including phenoxy) is 1. The number of thiazole rings is 2. The van der Waals surface area contributed by atoms with Gasteiger partial charge in [-0.3, -0.25) is 9.59 Å². The molecule has 0 saturated carbocycles. The molecular formula is C28H22N4O3S2. The van der Waals surface area contributed by atoms with E-state index in [1.165, 1.54) is 22.7 Å². The molecule has 0 spiro atoms. The third-order valence-corrected chi connectivity index (χ3v) is 8.65. The van der Waals surface area contributed by atoms with Crippen molar-refractivity contribution in [3.8, 4) is 0 Å². The van der Waals surface area contributed by atoms with Gasteiger partial charge in [0.25, 0.3) is 11.8 Å². The summed E-state index contributed by atoms with van der Waals surface area (Å²) in [6.07, 6.45) is 0. The lowest BCUT2D eigenvalue weighted by Crippen LogP contribution is -2.19. The molecule has 9 heteroatoms. The Labute approximate surface area is 219 Å². The van der Waals surface area contributed by atoms with Crippen LogP contribution in [0.15, 0.2) is 82.8 Å². The van der Waals surface area contributed by atoms with Crippen molar-refractivity contribution in [3.05, 3.63) is 82.4 Å². The molecule has 7 nitrogen and oxygen atoms in total. The van der Waals surface area contributed by atoms with Gasteiger partial charge in [0, 0.05) is 24.9 Å². The molecule has 0 saturated heterocycles. The highest BCUT2D eigenvalue weighted by molar-refractivity contribution is 7.17. The van der Waals surface area contributed by atoms with Crippen molar-refractivity contribution >= 4 is 76.5 Å². The monoisotopic (exact) mass is 526 g/mol. The Kier molecular flexibility index (Phi) is 6.03. The van der Waals surface area contributed by atoms with Gasteiger partial charge in [-0.05, 0) is 22.9 Å². The summed E-state index contributed by atoms with van der Waals surface area (Å²) in [7, 11) is 3.77. The number of hydrogen-bond donors (Lipinski definition) is 0. The summed E-state index contributed by atoms with van der Waals surface area (Å²) < 4.78 is 11.3. The number of aromatic nitrogens is 2. The lowest BCUT2D eigenvalue weighted by atomic mass is 10.1. The summed E-state index contributed by atoms with van der Waals surface area (Å²) in [6, 6.07) is 24.5. The SMILES string of the molecule is Cn1c(=NC(=O)COCC(=O)N=c2sc3c4ccccc4ccc3n2C)sc2c3ccccc3ccc21. The molecule has 2 heterocycles. The van der Waals surface area contributed by atoms with Gasteiger partial charge in [-0.1, -0.05) is 83.3 Å². The van der Waals surface area contributed by atoms with Crippen molar-refractivity contribution in [3.63, 3.8) is 0 Å². The van der Waals surface area contributed by atoms with Crippen LogP contribution in [0, 0.1) is 0 Å². The van der Waals surface area contributed by atoms with Crippen molar-refractivity contribution in [2.24, 2.45) is 24.1 Å². The molecular weight excluding hydrogens is 504 g/mol. The molecule has 0 aliphatic carbocycles. The Morgan fingerprint density at radius 3 is 1.57 bits per heavy atom. The van der Waals surface area contributed by atoms with E-state index in [0.29, 0.717) is 9.60 Å². The fourth-order valence-electron chi connectivity index (χ4n) is 4.43. The average Bonchev–Trinajstić information content (AvgIpc) is 3.40. The Morgan fingerprint density at radius 1 is 0.676 bits per heavy atom. The zero-order chi connectivity index (χ0) is 25.5. The molecule has 184 valence electrons. The van der Waals surface area contributed by atoms with Gasteiger partial charge >= 0.3 is 0 Å². The van der Waals surface area contributed by atoms with Crippen molar-refractivity contribution in [1.29, 1.82) is 0 Å². The van der Waals surface area contributed by atoms with Crippen LogP contribution in [0.1, 0.15) is 0 Å². The van der Waals surface area contributed by atoms with E-state index in [-0.39, 0.29) is 13.2 Å². The quantitative estimate of drug-likeness (QED) is 0.335. The first-order valence-electron chi connectivity index (χ1n) is 11.7. The summed E-state index contributed by atoms with van der Waals surface area (Å²) in [5.74, 6) is -0.892. The molecule has 0 aliphatic rings. The largest absolute Gasteiger partial charge is 0.362 e. The predicted molar refractivity (Wildman–Crippen MR) is 149 cm³/mol. The second-order valence-corrected chi connectivity index (χ2v) is 10.6. The average molecular weight is 527 g/mol. The molecule has 0 aliphatic heterocycles. The van der Waals surface area contributed by atoms with Crippen LogP contribution in [0.2, 0.25) is 0 Å². The van der Waals surface area contributed by atoms with E-state index in [1.54, 1.807) is 0 Å². The topological polar surface area (TPSA) is 78.0 Å². The Morgan fingerprint density at radius 2 is 1.11 bits per heavy atom. The van der Waals surface area contributed by atoms with Crippen molar-refractivity contribution in [1.82, 2.24) is 9.13 Å². The van der Waals surface area contributed by atoms with E-state index in [9.17, 15) is 9.59 Å². The highest BCUT2D eigenvalue weighted by Gasteiger charge is 2.11. The van der Waals surface area contributed by atoms with E-state index in [2.05, 4.69) is 46.4 Å². The predicted octanol–water partition coefficient (Wildman–Crippen LogP) is 4.67. The van der Waals surface area contributed by atoms with Gasteiger partial charge in [0.2, 0.25) is 0 Å². The molecule has 6 rings (SSSR count). The second kappa shape index (κ2) is 9.51. The number of hydrogen-bond acceptors (Lipinski definition) is 5. The molecule has 0 unspecified atom stereocenters. The van der Waals surface area contributed by atoms with Crippen LogP contribution in [0.25, 0.3) is 42.0 Å². The number of aryl methyl sites for hydroxylation is 2. The van der Waals surface area contributed by atoms with Gasteiger partial charge < -0.3 is 13.9 Å². The number of fused-ring (bicyclic) bond motifs is 6. The minimum absolute atomic E-state index is 0.292. The maximum atomic E-state index is 12.5. The van der Waals surface area contributed by atoms with E-state index in [0.717, 1.165) is 42.0 Å². The molecule has 2 aromatic heterocycles. The molecule has 4 aromatic carbocycles. The standard InChI is InChI=1S/C28H22N4O3S2/c1-31-21-13-11-17-7-3-5-9-19(17)25(21)36-27(31)29-23(33)15-35-16-24(34)30-28-32(2)22-14-12-18-8-4-6-10-20(18)26(22)37-28/h3-14H,15-16H2,1-2H3. The molecule has 37 heavy (non-hydrogen) atoms.